The summed E-state index contributed by atoms with van der Waals surface area (Å²) in [5.74, 6) is 1.80. The van der Waals surface area contributed by atoms with Crippen molar-refractivity contribution in [1.82, 2.24) is 10.1 Å². The first-order chi connectivity index (χ1) is 9.54. The van der Waals surface area contributed by atoms with Crippen molar-refractivity contribution >= 4 is 11.8 Å². The predicted molar refractivity (Wildman–Crippen MR) is 76.6 cm³/mol. The molecule has 0 saturated heterocycles. The number of aromatic nitrogens is 2. The maximum Gasteiger partial charge on any atom is 0.243 e. The Hall–Kier alpha value is -1.40. The Morgan fingerprint density at radius 1 is 1.40 bits per heavy atom. The second kappa shape index (κ2) is 6.85. The van der Waals surface area contributed by atoms with E-state index in [4.69, 9.17) is 10.3 Å². The molecule has 108 valence electrons. The first-order valence-corrected chi connectivity index (χ1v) is 7.49. The van der Waals surface area contributed by atoms with Gasteiger partial charge in [0.05, 0.1) is 11.8 Å². The highest BCUT2D eigenvalue weighted by molar-refractivity contribution is 7.98. The number of rotatable bonds is 6. The minimum atomic E-state index is -0.247. The molecule has 2 N–H and O–H groups in total. The molecule has 0 aliphatic heterocycles. The van der Waals surface area contributed by atoms with Crippen molar-refractivity contribution in [1.29, 1.82) is 0 Å². The van der Waals surface area contributed by atoms with Crippen molar-refractivity contribution in [3.8, 4) is 0 Å². The van der Waals surface area contributed by atoms with Crippen LogP contribution in [0.5, 0.6) is 0 Å². The van der Waals surface area contributed by atoms with E-state index >= 15 is 0 Å². The highest BCUT2D eigenvalue weighted by Gasteiger charge is 2.16. The first kappa shape index (κ1) is 15.0. The fraction of sp³-hybridized carbons (Fsp3) is 0.429. The monoisotopic (exact) mass is 295 g/mol. The Balaban J connectivity index is 1.93. The Morgan fingerprint density at radius 2 is 2.20 bits per heavy atom. The molecule has 1 aromatic carbocycles. The summed E-state index contributed by atoms with van der Waals surface area (Å²) in [6.45, 7) is 4.19. The van der Waals surface area contributed by atoms with Crippen molar-refractivity contribution in [2.75, 3.05) is 0 Å². The maximum absolute atomic E-state index is 13.0. The molecule has 0 fully saturated rings. The number of hydrogen-bond acceptors (Lipinski definition) is 5. The Bertz CT molecular complexity index is 559. The zero-order valence-corrected chi connectivity index (χ0v) is 12.4. The molecule has 6 heteroatoms. The van der Waals surface area contributed by atoms with Gasteiger partial charge in [0.2, 0.25) is 5.89 Å². The molecule has 1 aromatic heterocycles. The van der Waals surface area contributed by atoms with Gasteiger partial charge in [-0.2, -0.15) is 4.98 Å². The second-order valence-electron chi connectivity index (χ2n) is 5.03. The molecule has 0 spiro atoms. The number of hydrogen-bond donors (Lipinski definition) is 1. The fourth-order valence-corrected chi connectivity index (χ4v) is 2.57. The third kappa shape index (κ3) is 4.31. The Kier molecular flexibility index (Phi) is 5.14. The van der Waals surface area contributed by atoms with Crippen LogP contribution in [0.3, 0.4) is 0 Å². The lowest BCUT2D eigenvalue weighted by Gasteiger charge is -2.08. The standard InChI is InChI=1S/C14H18FN3OS/c1-9(2)6-12(16)14-17-13(18-19-14)8-20-11-5-3-4-10(15)7-11/h3-5,7,9,12H,6,8,16H2,1-2H3/t12-/m0/s1. The highest BCUT2D eigenvalue weighted by Crippen LogP contribution is 2.23. The van der Waals surface area contributed by atoms with E-state index in [0.29, 0.717) is 23.4 Å². The van der Waals surface area contributed by atoms with Crippen LogP contribution in [-0.2, 0) is 5.75 Å². The van der Waals surface area contributed by atoms with E-state index in [2.05, 4.69) is 24.0 Å². The number of benzene rings is 1. The van der Waals surface area contributed by atoms with Crippen LogP contribution >= 0.6 is 11.8 Å². The van der Waals surface area contributed by atoms with E-state index in [-0.39, 0.29) is 11.9 Å². The van der Waals surface area contributed by atoms with Gasteiger partial charge in [0.25, 0.3) is 0 Å². The molecule has 20 heavy (non-hydrogen) atoms. The molecule has 1 heterocycles. The molecular weight excluding hydrogens is 277 g/mol. The molecule has 2 aromatic rings. The molecular formula is C14H18FN3OS. The largest absolute Gasteiger partial charge is 0.338 e. The van der Waals surface area contributed by atoms with E-state index in [9.17, 15) is 4.39 Å². The summed E-state index contributed by atoms with van der Waals surface area (Å²) in [7, 11) is 0. The molecule has 0 aliphatic carbocycles. The number of halogens is 1. The van der Waals surface area contributed by atoms with Crippen LogP contribution in [-0.4, -0.2) is 10.1 Å². The Labute approximate surface area is 121 Å². The normalized spacial score (nSPS) is 12.8. The van der Waals surface area contributed by atoms with Crippen LogP contribution in [0.25, 0.3) is 0 Å². The van der Waals surface area contributed by atoms with Crippen molar-refractivity contribution in [2.24, 2.45) is 11.7 Å². The van der Waals surface area contributed by atoms with Crippen LogP contribution in [0, 0.1) is 11.7 Å². The van der Waals surface area contributed by atoms with Crippen molar-refractivity contribution in [3.05, 3.63) is 41.8 Å². The highest BCUT2D eigenvalue weighted by atomic mass is 32.2. The fourth-order valence-electron chi connectivity index (χ4n) is 1.79. The topological polar surface area (TPSA) is 64.9 Å². The van der Waals surface area contributed by atoms with Crippen molar-refractivity contribution in [3.63, 3.8) is 0 Å². The molecule has 0 amide bonds. The molecule has 4 nitrogen and oxygen atoms in total. The van der Waals surface area contributed by atoms with Crippen molar-refractivity contribution < 1.29 is 8.91 Å². The van der Waals surface area contributed by atoms with Gasteiger partial charge in [-0.05, 0) is 30.5 Å². The predicted octanol–water partition coefficient (Wildman–Crippen LogP) is 3.55. The lowest BCUT2D eigenvalue weighted by molar-refractivity contribution is 0.333. The van der Waals surface area contributed by atoms with Crippen molar-refractivity contribution in [2.45, 2.75) is 37.0 Å². The zero-order chi connectivity index (χ0) is 14.5. The zero-order valence-electron chi connectivity index (χ0n) is 11.5. The van der Waals surface area contributed by atoms with E-state index in [0.717, 1.165) is 11.3 Å². The number of thioether (sulfide) groups is 1. The van der Waals surface area contributed by atoms with Gasteiger partial charge in [0.15, 0.2) is 5.82 Å². The maximum atomic E-state index is 13.0. The summed E-state index contributed by atoms with van der Waals surface area (Å²) in [6, 6.07) is 6.20. The van der Waals surface area contributed by atoms with Gasteiger partial charge in [0.1, 0.15) is 5.82 Å². The summed E-state index contributed by atoms with van der Waals surface area (Å²) in [5.41, 5.74) is 5.98. The smallest absolute Gasteiger partial charge is 0.243 e. The van der Waals surface area contributed by atoms with Gasteiger partial charge in [-0.1, -0.05) is 25.1 Å². The average Bonchev–Trinajstić information content (AvgIpc) is 2.84. The lowest BCUT2D eigenvalue weighted by Crippen LogP contribution is -2.13. The SMILES string of the molecule is CC(C)C[C@H](N)c1nc(CSc2cccc(F)c2)no1. The van der Waals surface area contributed by atoms with E-state index in [1.165, 1.54) is 23.9 Å². The van der Waals surface area contributed by atoms with Crippen LogP contribution in [0.4, 0.5) is 4.39 Å². The summed E-state index contributed by atoms with van der Waals surface area (Å²) in [4.78, 5) is 5.12. The lowest BCUT2D eigenvalue weighted by atomic mass is 10.0. The second-order valence-corrected chi connectivity index (χ2v) is 6.08. The van der Waals surface area contributed by atoms with E-state index in [1.807, 2.05) is 6.07 Å². The van der Waals surface area contributed by atoms with Crippen LogP contribution in [0.1, 0.15) is 38.0 Å². The molecule has 1 atom stereocenters. The van der Waals surface area contributed by atoms with E-state index in [1.54, 1.807) is 6.07 Å². The quantitative estimate of drug-likeness (QED) is 0.826. The van der Waals surface area contributed by atoms with Gasteiger partial charge >= 0.3 is 0 Å². The summed E-state index contributed by atoms with van der Waals surface area (Å²) in [5, 5.41) is 3.90. The minimum absolute atomic E-state index is 0.226. The molecule has 2 rings (SSSR count). The number of nitrogens with zero attached hydrogens (tertiary/aromatic N) is 2. The molecule has 0 radical (unpaired) electrons. The minimum Gasteiger partial charge on any atom is -0.338 e. The molecule has 0 bridgehead atoms. The molecule has 0 aliphatic rings. The average molecular weight is 295 g/mol. The Morgan fingerprint density at radius 3 is 2.90 bits per heavy atom. The number of nitrogens with two attached hydrogens (primary N) is 1. The summed E-state index contributed by atoms with van der Waals surface area (Å²) < 4.78 is 18.2. The van der Waals surface area contributed by atoms with Gasteiger partial charge in [-0.15, -0.1) is 11.8 Å². The van der Waals surface area contributed by atoms with Gasteiger partial charge < -0.3 is 10.3 Å². The van der Waals surface area contributed by atoms with Crippen LogP contribution in [0.2, 0.25) is 0 Å². The first-order valence-electron chi connectivity index (χ1n) is 6.51. The molecule has 0 unspecified atom stereocenters. The summed E-state index contributed by atoms with van der Waals surface area (Å²) >= 11 is 1.46. The van der Waals surface area contributed by atoms with Gasteiger partial charge in [0, 0.05) is 4.90 Å². The van der Waals surface area contributed by atoms with Gasteiger partial charge in [-0.3, -0.25) is 0 Å². The van der Waals surface area contributed by atoms with Crippen LogP contribution in [0.15, 0.2) is 33.7 Å². The molecule has 0 saturated carbocycles. The van der Waals surface area contributed by atoms with E-state index < -0.39 is 0 Å². The third-order valence-electron chi connectivity index (χ3n) is 2.69. The van der Waals surface area contributed by atoms with Gasteiger partial charge in [-0.25, -0.2) is 4.39 Å². The summed E-state index contributed by atoms with van der Waals surface area (Å²) in [6.07, 6.45) is 0.804. The third-order valence-corrected chi connectivity index (χ3v) is 3.68. The van der Waals surface area contributed by atoms with Crippen LogP contribution < -0.4 is 5.73 Å².